The fraction of sp³-hybridized carbons (Fsp3) is 0.429. The van der Waals surface area contributed by atoms with E-state index in [1.807, 2.05) is 0 Å². The van der Waals surface area contributed by atoms with Crippen LogP contribution in [0.4, 0.5) is 0 Å². The summed E-state index contributed by atoms with van der Waals surface area (Å²) in [5.41, 5.74) is 0.489. The van der Waals surface area contributed by atoms with Gasteiger partial charge in [0.2, 0.25) is 5.75 Å². The number of carboxylic acids is 1. The quantitative estimate of drug-likeness (QED) is 0.821. The van der Waals surface area contributed by atoms with E-state index in [1.165, 1.54) is 21.3 Å². The second-order valence-corrected chi connectivity index (χ2v) is 4.52. The van der Waals surface area contributed by atoms with Crippen molar-refractivity contribution in [2.24, 2.45) is 5.92 Å². The van der Waals surface area contributed by atoms with Crippen LogP contribution in [0.25, 0.3) is 0 Å². The lowest BCUT2D eigenvalue weighted by atomic mass is 9.95. The van der Waals surface area contributed by atoms with Gasteiger partial charge in [-0.3, -0.25) is 9.59 Å². The fourth-order valence-electron chi connectivity index (χ4n) is 2.34. The van der Waals surface area contributed by atoms with Crippen molar-refractivity contribution in [3.05, 3.63) is 17.7 Å². The Kier molecular flexibility index (Phi) is 4.21. The Morgan fingerprint density at radius 1 is 1.19 bits per heavy atom. The highest BCUT2D eigenvalue weighted by molar-refractivity contribution is 5.83. The van der Waals surface area contributed by atoms with Crippen molar-refractivity contribution in [3.63, 3.8) is 0 Å². The van der Waals surface area contributed by atoms with E-state index in [0.29, 0.717) is 22.8 Å². The lowest BCUT2D eigenvalue weighted by molar-refractivity contribution is -0.144. The largest absolute Gasteiger partial charge is 0.493 e. The van der Waals surface area contributed by atoms with Gasteiger partial charge >= 0.3 is 11.9 Å². The first kappa shape index (κ1) is 15.0. The maximum atomic E-state index is 11.4. The third-order valence-corrected chi connectivity index (χ3v) is 3.34. The van der Waals surface area contributed by atoms with Crippen LogP contribution in [0.3, 0.4) is 0 Å². The van der Waals surface area contributed by atoms with Gasteiger partial charge in [-0.25, -0.2) is 0 Å². The number of carbonyl (C=O) groups is 2. The number of carboxylic acid groups (broad SMARTS) is 1. The zero-order valence-electron chi connectivity index (χ0n) is 11.9. The first-order chi connectivity index (χ1) is 10.0. The van der Waals surface area contributed by atoms with Gasteiger partial charge in [0.1, 0.15) is 12.0 Å². The molecule has 1 aliphatic heterocycles. The van der Waals surface area contributed by atoms with Gasteiger partial charge in [0.05, 0.1) is 27.8 Å². The third kappa shape index (κ3) is 2.72. The van der Waals surface area contributed by atoms with E-state index in [2.05, 4.69) is 0 Å². The van der Waals surface area contributed by atoms with E-state index < -0.39 is 24.0 Å². The van der Waals surface area contributed by atoms with Crippen molar-refractivity contribution < 1.29 is 33.6 Å². The molecule has 1 N–H and O–H groups in total. The number of hydrogen-bond acceptors (Lipinski definition) is 6. The highest BCUT2D eigenvalue weighted by Gasteiger charge is 2.41. The lowest BCUT2D eigenvalue weighted by Crippen LogP contribution is -2.17. The highest BCUT2D eigenvalue weighted by Crippen LogP contribution is 2.44. The summed E-state index contributed by atoms with van der Waals surface area (Å²) in [6, 6.07) is 3.17. The minimum absolute atomic E-state index is 0.156. The predicted molar refractivity (Wildman–Crippen MR) is 70.7 cm³/mol. The topological polar surface area (TPSA) is 91.3 Å². The molecular formula is C14H16O7. The monoisotopic (exact) mass is 296 g/mol. The van der Waals surface area contributed by atoms with Crippen molar-refractivity contribution >= 4 is 11.9 Å². The SMILES string of the molecule is COc1cc([C@@H]2OC(=O)C[C@@H]2C(=O)O)cc(OC)c1OC. The van der Waals surface area contributed by atoms with Gasteiger partial charge in [-0.05, 0) is 12.1 Å². The number of methoxy groups -OCH3 is 3. The maximum absolute atomic E-state index is 11.4. The molecule has 0 aromatic heterocycles. The summed E-state index contributed by atoms with van der Waals surface area (Å²) in [6.45, 7) is 0. The molecule has 0 unspecified atom stereocenters. The number of benzene rings is 1. The van der Waals surface area contributed by atoms with Gasteiger partial charge in [-0.15, -0.1) is 0 Å². The highest BCUT2D eigenvalue weighted by atomic mass is 16.6. The Bertz CT molecular complexity index is 541. The van der Waals surface area contributed by atoms with E-state index in [9.17, 15) is 14.7 Å². The Morgan fingerprint density at radius 3 is 2.19 bits per heavy atom. The molecule has 1 fully saturated rings. The fourth-order valence-corrected chi connectivity index (χ4v) is 2.34. The summed E-state index contributed by atoms with van der Waals surface area (Å²) < 4.78 is 20.7. The summed E-state index contributed by atoms with van der Waals surface area (Å²) in [5.74, 6) is -1.42. The smallest absolute Gasteiger partial charge is 0.311 e. The predicted octanol–water partition coefficient (Wildman–Crippen LogP) is 1.40. The van der Waals surface area contributed by atoms with Crippen LogP contribution in [0.15, 0.2) is 12.1 Å². The standard InChI is InChI=1S/C14H16O7/c1-18-9-4-7(5-10(19-2)13(9)20-3)12-8(14(16)17)6-11(15)21-12/h4-5,8,12H,6H2,1-3H3,(H,16,17)/t8-,12-/m0/s1. The van der Waals surface area contributed by atoms with E-state index in [1.54, 1.807) is 12.1 Å². The number of hydrogen-bond donors (Lipinski definition) is 1. The molecule has 2 rings (SSSR count). The van der Waals surface area contributed by atoms with Crippen LogP contribution in [0.5, 0.6) is 17.2 Å². The minimum atomic E-state index is -1.08. The molecule has 1 saturated heterocycles. The molecule has 2 atom stereocenters. The second kappa shape index (κ2) is 5.90. The Morgan fingerprint density at radius 2 is 1.76 bits per heavy atom. The van der Waals surface area contributed by atoms with Crippen LogP contribution in [0.1, 0.15) is 18.1 Å². The van der Waals surface area contributed by atoms with Gasteiger partial charge in [0, 0.05) is 5.56 Å². The molecule has 114 valence electrons. The average Bonchev–Trinajstić information content (AvgIpc) is 2.87. The zero-order valence-corrected chi connectivity index (χ0v) is 11.9. The number of ether oxygens (including phenoxy) is 4. The van der Waals surface area contributed by atoms with Crippen molar-refractivity contribution in [2.75, 3.05) is 21.3 Å². The Hall–Kier alpha value is -2.44. The van der Waals surface area contributed by atoms with Crippen LogP contribution in [-0.4, -0.2) is 38.4 Å². The van der Waals surface area contributed by atoms with Crippen LogP contribution in [-0.2, 0) is 14.3 Å². The molecule has 0 spiro atoms. The van der Waals surface area contributed by atoms with Gasteiger partial charge < -0.3 is 24.1 Å². The first-order valence-electron chi connectivity index (χ1n) is 6.24. The second-order valence-electron chi connectivity index (χ2n) is 4.52. The van der Waals surface area contributed by atoms with Gasteiger partial charge in [-0.2, -0.15) is 0 Å². The molecule has 1 heterocycles. The van der Waals surface area contributed by atoms with Crippen molar-refractivity contribution in [1.29, 1.82) is 0 Å². The van der Waals surface area contributed by atoms with Crippen LogP contribution >= 0.6 is 0 Å². The molecule has 0 saturated carbocycles. The Balaban J connectivity index is 2.48. The summed E-state index contributed by atoms with van der Waals surface area (Å²) in [4.78, 5) is 22.6. The molecular weight excluding hydrogens is 280 g/mol. The van der Waals surface area contributed by atoms with Gasteiger partial charge in [-0.1, -0.05) is 0 Å². The molecule has 1 aliphatic rings. The molecule has 0 amide bonds. The van der Waals surface area contributed by atoms with Crippen molar-refractivity contribution in [2.45, 2.75) is 12.5 Å². The Labute approximate surface area is 121 Å². The maximum Gasteiger partial charge on any atom is 0.311 e. The molecule has 0 aliphatic carbocycles. The molecule has 1 aromatic carbocycles. The van der Waals surface area contributed by atoms with E-state index in [-0.39, 0.29) is 6.42 Å². The van der Waals surface area contributed by atoms with Crippen molar-refractivity contribution in [1.82, 2.24) is 0 Å². The number of rotatable bonds is 5. The number of aliphatic carboxylic acids is 1. The first-order valence-corrected chi connectivity index (χ1v) is 6.24. The van der Waals surface area contributed by atoms with Gasteiger partial charge in [0.15, 0.2) is 11.5 Å². The molecule has 7 heteroatoms. The van der Waals surface area contributed by atoms with E-state index in [0.717, 1.165) is 0 Å². The van der Waals surface area contributed by atoms with E-state index >= 15 is 0 Å². The summed E-state index contributed by atoms with van der Waals surface area (Å²) >= 11 is 0. The zero-order chi connectivity index (χ0) is 15.6. The number of cyclic esters (lactones) is 1. The molecule has 0 bridgehead atoms. The average molecular weight is 296 g/mol. The van der Waals surface area contributed by atoms with Gasteiger partial charge in [0.25, 0.3) is 0 Å². The molecule has 7 nitrogen and oxygen atoms in total. The summed E-state index contributed by atoms with van der Waals surface area (Å²) in [6.07, 6.45) is -1.03. The normalized spacial score (nSPS) is 20.8. The van der Waals surface area contributed by atoms with Crippen molar-refractivity contribution in [3.8, 4) is 17.2 Å². The summed E-state index contributed by atoms with van der Waals surface area (Å²) in [5, 5.41) is 9.20. The molecule has 1 aromatic rings. The number of esters is 1. The third-order valence-electron chi connectivity index (χ3n) is 3.34. The minimum Gasteiger partial charge on any atom is -0.493 e. The summed E-state index contributed by atoms with van der Waals surface area (Å²) in [7, 11) is 4.38. The van der Waals surface area contributed by atoms with E-state index in [4.69, 9.17) is 18.9 Å². The van der Waals surface area contributed by atoms with Crippen LogP contribution in [0, 0.1) is 5.92 Å². The number of carbonyl (C=O) groups excluding carboxylic acids is 1. The lowest BCUT2D eigenvalue weighted by Gasteiger charge is -2.18. The molecule has 0 radical (unpaired) electrons. The van der Waals surface area contributed by atoms with Crippen LogP contribution < -0.4 is 14.2 Å². The molecule has 21 heavy (non-hydrogen) atoms. The van der Waals surface area contributed by atoms with Crippen LogP contribution in [0.2, 0.25) is 0 Å².